The first-order valence-corrected chi connectivity index (χ1v) is 21.8. The third-order valence-corrected chi connectivity index (χ3v) is 14.1. The Morgan fingerprint density at radius 2 is 0.395 bits per heavy atom. The SMILES string of the molecule is CCCCCCCCCCCC[PH](C)(CCCCCCCCCCCC)CCCCCCCCCCCC. The maximum absolute atomic E-state index is 2.81. The molecule has 0 aromatic rings. The summed E-state index contributed by atoms with van der Waals surface area (Å²) in [5, 5.41) is 0. The Morgan fingerprint density at radius 3 is 0.579 bits per heavy atom. The average Bonchev–Trinajstić information content (AvgIpc) is 2.92. The summed E-state index contributed by atoms with van der Waals surface area (Å²) in [5.74, 6) is 0. The van der Waals surface area contributed by atoms with Crippen LogP contribution in [-0.4, -0.2) is 25.2 Å². The van der Waals surface area contributed by atoms with E-state index in [0.29, 0.717) is 0 Å². The Balaban J connectivity index is 4.06. The van der Waals surface area contributed by atoms with Crippen molar-refractivity contribution in [3.63, 3.8) is 0 Å². The summed E-state index contributed by atoms with van der Waals surface area (Å²) < 4.78 is 0. The monoisotopic (exact) mass is 555 g/mol. The van der Waals surface area contributed by atoms with E-state index in [1.54, 1.807) is 37.7 Å². The second-order valence-corrected chi connectivity index (χ2v) is 18.7. The van der Waals surface area contributed by atoms with Gasteiger partial charge >= 0.3 is 246 Å². The molecule has 0 aromatic heterocycles. The van der Waals surface area contributed by atoms with E-state index < -0.39 is 7.26 Å². The molecule has 0 spiro atoms. The van der Waals surface area contributed by atoms with E-state index >= 15 is 0 Å². The van der Waals surface area contributed by atoms with Gasteiger partial charge in [0.05, 0.1) is 0 Å². The van der Waals surface area contributed by atoms with Gasteiger partial charge in [0, 0.05) is 0 Å². The molecule has 0 bridgehead atoms. The molecule has 0 aromatic carbocycles. The maximum atomic E-state index is 2.81. The van der Waals surface area contributed by atoms with Gasteiger partial charge in [-0.15, -0.1) is 0 Å². The van der Waals surface area contributed by atoms with E-state index in [0.717, 1.165) is 0 Å². The normalized spacial score (nSPS) is 12.4. The van der Waals surface area contributed by atoms with Crippen molar-refractivity contribution in [2.45, 2.75) is 213 Å². The van der Waals surface area contributed by atoms with Crippen LogP contribution in [0.25, 0.3) is 0 Å². The van der Waals surface area contributed by atoms with Gasteiger partial charge in [-0.1, -0.05) is 0 Å². The second-order valence-electron chi connectivity index (χ2n) is 13.6. The number of hydrogen-bond donors (Lipinski definition) is 0. The molecule has 0 amide bonds. The molecular formula is C37H79P. The summed E-state index contributed by atoms with van der Waals surface area (Å²) >= 11 is 0. The van der Waals surface area contributed by atoms with Crippen LogP contribution in [0.15, 0.2) is 0 Å². The molecule has 0 fully saturated rings. The van der Waals surface area contributed by atoms with E-state index in [-0.39, 0.29) is 0 Å². The topological polar surface area (TPSA) is 0 Å². The van der Waals surface area contributed by atoms with Gasteiger partial charge in [-0.3, -0.25) is 0 Å². The van der Waals surface area contributed by atoms with Gasteiger partial charge in [0.1, 0.15) is 0 Å². The zero-order valence-corrected chi connectivity index (χ0v) is 28.8. The third kappa shape index (κ3) is 29.4. The molecule has 0 unspecified atom stereocenters. The van der Waals surface area contributed by atoms with E-state index in [1.807, 2.05) is 0 Å². The minimum absolute atomic E-state index is 1.02. The van der Waals surface area contributed by atoms with Crippen molar-refractivity contribution in [2.24, 2.45) is 0 Å². The molecule has 0 aliphatic rings. The summed E-state index contributed by atoms with van der Waals surface area (Å²) in [4.78, 5) is 0. The third-order valence-electron chi connectivity index (χ3n) is 9.40. The summed E-state index contributed by atoms with van der Waals surface area (Å²) in [6.07, 6.45) is 49.4. The Bertz CT molecular complexity index is 357. The van der Waals surface area contributed by atoms with Crippen molar-refractivity contribution >= 4 is 7.26 Å². The van der Waals surface area contributed by atoms with Crippen LogP contribution in [0.3, 0.4) is 0 Å². The van der Waals surface area contributed by atoms with Crippen molar-refractivity contribution in [3.05, 3.63) is 0 Å². The van der Waals surface area contributed by atoms with Gasteiger partial charge in [0.25, 0.3) is 0 Å². The second kappa shape index (κ2) is 32.0. The molecule has 38 heavy (non-hydrogen) atoms. The predicted molar refractivity (Wildman–Crippen MR) is 184 cm³/mol. The molecule has 0 atom stereocenters. The molecule has 1 heteroatoms. The summed E-state index contributed by atoms with van der Waals surface area (Å²) in [5.41, 5.74) is 0. The van der Waals surface area contributed by atoms with Crippen LogP contribution in [0.4, 0.5) is 0 Å². The van der Waals surface area contributed by atoms with Crippen molar-refractivity contribution < 1.29 is 0 Å². The number of rotatable bonds is 33. The fourth-order valence-electron chi connectivity index (χ4n) is 6.49. The average molecular weight is 555 g/mol. The molecule has 0 radical (unpaired) electrons. The van der Waals surface area contributed by atoms with Crippen molar-refractivity contribution in [1.29, 1.82) is 0 Å². The molecular weight excluding hydrogens is 475 g/mol. The number of unbranched alkanes of at least 4 members (excludes halogenated alkanes) is 27. The molecule has 0 aliphatic carbocycles. The van der Waals surface area contributed by atoms with Crippen LogP contribution in [-0.2, 0) is 0 Å². The summed E-state index contributed by atoms with van der Waals surface area (Å²) in [6, 6.07) is 0. The van der Waals surface area contributed by atoms with Crippen molar-refractivity contribution in [2.75, 3.05) is 25.2 Å². The summed E-state index contributed by atoms with van der Waals surface area (Å²) in [7, 11) is -1.02. The van der Waals surface area contributed by atoms with Crippen LogP contribution < -0.4 is 0 Å². The molecule has 0 aliphatic heterocycles. The molecule has 0 saturated heterocycles. The quantitative estimate of drug-likeness (QED) is 0.0559. The predicted octanol–water partition coefficient (Wildman–Crippen LogP) is 14.1. The molecule has 0 saturated carbocycles. The van der Waals surface area contributed by atoms with Gasteiger partial charge in [-0.25, -0.2) is 0 Å². The van der Waals surface area contributed by atoms with Gasteiger partial charge in [-0.2, -0.15) is 0 Å². The minimum atomic E-state index is -1.02. The Kier molecular flexibility index (Phi) is 32.3. The molecule has 0 heterocycles. The Hall–Kier alpha value is 0.430. The van der Waals surface area contributed by atoms with E-state index in [1.165, 1.54) is 173 Å². The van der Waals surface area contributed by atoms with Gasteiger partial charge < -0.3 is 0 Å². The molecule has 0 rings (SSSR count). The fourth-order valence-corrected chi connectivity index (χ4v) is 10.6. The molecule has 0 nitrogen and oxygen atoms in total. The van der Waals surface area contributed by atoms with Gasteiger partial charge in [0.15, 0.2) is 0 Å². The van der Waals surface area contributed by atoms with E-state index in [2.05, 4.69) is 27.4 Å². The number of hydrogen-bond acceptors (Lipinski definition) is 0. The Labute approximate surface area is 245 Å². The van der Waals surface area contributed by atoms with Gasteiger partial charge in [0.2, 0.25) is 0 Å². The van der Waals surface area contributed by atoms with E-state index in [4.69, 9.17) is 0 Å². The summed E-state index contributed by atoms with van der Waals surface area (Å²) in [6.45, 7) is 9.78. The van der Waals surface area contributed by atoms with Gasteiger partial charge in [-0.05, 0) is 0 Å². The van der Waals surface area contributed by atoms with Crippen LogP contribution in [0.5, 0.6) is 0 Å². The zero-order valence-electron chi connectivity index (χ0n) is 27.8. The van der Waals surface area contributed by atoms with Crippen LogP contribution in [0.1, 0.15) is 213 Å². The zero-order chi connectivity index (χ0) is 27.8. The van der Waals surface area contributed by atoms with Crippen molar-refractivity contribution in [1.82, 2.24) is 0 Å². The standard InChI is InChI=1S/C37H79P/c1-5-8-11-14-17-20-23-26-29-32-35-38(4,36-33-30-27-24-21-18-15-12-9-6-2)37-34-31-28-25-22-19-16-13-10-7-3/h38H,5-37H2,1-4H3. The first-order chi connectivity index (χ1) is 18.7. The first kappa shape index (κ1) is 38.4. The van der Waals surface area contributed by atoms with Crippen LogP contribution in [0, 0.1) is 0 Å². The molecule has 0 N–H and O–H groups in total. The first-order valence-electron chi connectivity index (χ1n) is 18.7. The van der Waals surface area contributed by atoms with E-state index in [9.17, 15) is 0 Å². The molecule has 232 valence electrons. The van der Waals surface area contributed by atoms with Crippen LogP contribution in [0.2, 0.25) is 0 Å². The Morgan fingerprint density at radius 1 is 0.237 bits per heavy atom. The van der Waals surface area contributed by atoms with Crippen molar-refractivity contribution in [3.8, 4) is 0 Å². The van der Waals surface area contributed by atoms with Crippen LogP contribution >= 0.6 is 7.26 Å². The fraction of sp³-hybridized carbons (Fsp3) is 1.00.